The maximum Gasteiger partial charge on any atom is 0.408 e. The van der Waals surface area contributed by atoms with Gasteiger partial charge in [0.05, 0.1) is 12.9 Å². The third-order valence-electron chi connectivity index (χ3n) is 7.77. The zero-order valence-corrected chi connectivity index (χ0v) is 30.3. The van der Waals surface area contributed by atoms with Gasteiger partial charge in [0.25, 0.3) is 0 Å². The number of nitrogens with zero attached hydrogens (tertiary/aromatic N) is 8. The largest absolute Gasteiger partial charge is 0.458 e. The Morgan fingerprint density at radius 3 is 2.50 bits per heavy atom. The number of nitrogens with one attached hydrogen (secondary N) is 2. The summed E-state index contributed by atoms with van der Waals surface area (Å²) in [4.78, 5) is 44.0. The number of azide groups is 1. The zero-order valence-electron chi connectivity index (χ0n) is 30.3. The molecule has 0 aliphatic carbocycles. The van der Waals surface area contributed by atoms with Crippen LogP contribution in [-0.4, -0.2) is 122 Å². The van der Waals surface area contributed by atoms with Crippen molar-refractivity contribution in [3.8, 4) is 0 Å². The van der Waals surface area contributed by atoms with Crippen LogP contribution in [0.5, 0.6) is 0 Å². The summed E-state index contributed by atoms with van der Waals surface area (Å²) >= 11 is 0. The summed E-state index contributed by atoms with van der Waals surface area (Å²) in [5.74, 6) is -0.902. The van der Waals surface area contributed by atoms with Gasteiger partial charge in [-0.15, -0.1) is 0 Å². The van der Waals surface area contributed by atoms with Crippen LogP contribution in [0.15, 0.2) is 17.8 Å². The van der Waals surface area contributed by atoms with E-state index in [0.717, 1.165) is 12.8 Å². The number of unbranched alkanes of at least 4 members (excludes halogenated alkanes) is 1. The molecule has 0 saturated carbocycles. The monoisotopic (exact) mass is 704 g/mol. The maximum atomic E-state index is 13.2. The molecule has 0 unspecified atom stereocenters. The van der Waals surface area contributed by atoms with E-state index in [9.17, 15) is 14.7 Å². The predicted octanol–water partition coefficient (Wildman–Crippen LogP) is 3.67. The first kappa shape index (κ1) is 39.0. The summed E-state index contributed by atoms with van der Waals surface area (Å²) in [5, 5.41) is 19.5. The quantitative estimate of drug-likeness (QED) is 0.0748. The molecule has 18 nitrogen and oxygen atoms in total. The van der Waals surface area contributed by atoms with Crippen LogP contribution in [0.4, 0.5) is 10.6 Å². The Labute approximate surface area is 292 Å². The van der Waals surface area contributed by atoms with Crippen molar-refractivity contribution in [1.29, 1.82) is 0 Å². The van der Waals surface area contributed by atoms with Gasteiger partial charge in [0.15, 0.2) is 29.0 Å². The van der Waals surface area contributed by atoms with E-state index in [1.54, 1.807) is 47.9 Å². The van der Waals surface area contributed by atoms with Crippen LogP contribution in [0.3, 0.4) is 0 Å². The summed E-state index contributed by atoms with van der Waals surface area (Å²) in [7, 11) is 0. The predicted molar refractivity (Wildman–Crippen MR) is 182 cm³/mol. The first-order valence-corrected chi connectivity index (χ1v) is 17.0. The molecular weight excluding hydrogens is 652 g/mol. The standard InChI is InChI=1S/C32H52N10O8/c1-30(2,3)49-28(44)20(39-29(45)50-31(4,5)6)11-14-41(15-16-43)17-21-23-24(48-32(7,8)47-23)27(46-21)42-19-37-22-25(35-18-36-26(22)42)34-12-9-10-13-38-40-33/h18-21,23-24,27,43H,9-17H2,1-8H3,(H,39,45)(H,34,35,36)/t20-,21+,23+,24+,27+/m0/s1. The van der Waals surface area contributed by atoms with Crippen LogP contribution in [-0.2, 0) is 28.5 Å². The van der Waals surface area contributed by atoms with E-state index in [4.69, 9.17) is 29.2 Å². The minimum Gasteiger partial charge on any atom is -0.458 e. The number of aliphatic hydroxyl groups is 1. The number of carbonyl (C=O) groups is 2. The molecule has 18 heteroatoms. The average molecular weight is 705 g/mol. The van der Waals surface area contributed by atoms with Gasteiger partial charge >= 0.3 is 12.1 Å². The molecule has 0 bridgehead atoms. The lowest BCUT2D eigenvalue weighted by Gasteiger charge is -2.30. The van der Waals surface area contributed by atoms with Crippen LogP contribution >= 0.6 is 0 Å². The van der Waals surface area contributed by atoms with Crippen molar-refractivity contribution in [3.05, 3.63) is 23.1 Å². The van der Waals surface area contributed by atoms with E-state index < -0.39 is 59.6 Å². The molecule has 0 radical (unpaired) electrons. The fraction of sp³-hybridized carbons (Fsp3) is 0.781. The molecule has 2 aliphatic rings. The number of hydrogen-bond acceptors (Lipinski definition) is 14. The molecule has 50 heavy (non-hydrogen) atoms. The second kappa shape index (κ2) is 16.5. The number of carbonyl (C=O) groups excluding carboxylic acids is 2. The normalized spacial score (nSPS) is 22.2. The highest BCUT2D eigenvalue weighted by atomic mass is 16.8. The molecule has 3 N–H and O–H groups in total. The molecule has 4 heterocycles. The van der Waals surface area contributed by atoms with Crippen molar-refractivity contribution in [2.24, 2.45) is 5.11 Å². The van der Waals surface area contributed by atoms with Crippen LogP contribution < -0.4 is 10.6 Å². The van der Waals surface area contributed by atoms with Gasteiger partial charge in [0.1, 0.15) is 41.9 Å². The molecule has 2 aromatic heterocycles. The summed E-state index contributed by atoms with van der Waals surface area (Å²) in [6.45, 7) is 16.0. The SMILES string of the molecule is CC(C)(C)OC(=O)N[C@@H](CCN(CCO)C[C@H]1O[C@@H](n2cnc3c(NCCCCN=[N+]=[N-])ncnc32)[C@@H]2OC(C)(C)O[C@@H]21)C(=O)OC(C)(C)C. The van der Waals surface area contributed by atoms with Crippen molar-refractivity contribution in [1.82, 2.24) is 29.7 Å². The number of fused-ring (bicyclic) bond motifs is 2. The first-order chi connectivity index (χ1) is 23.5. The number of hydrogen-bond donors (Lipinski definition) is 3. The summed E-state index contributed by atoms with van der Waals surface area (Å²) in [6, 6.07) is -0.994. The lowest BCUT2D eigenvalue weighted by molar-refractivity contribution is -0.198. The van der Waals surface area contributed by atoms with Crippen LogP contribution in [0.25, 0.3) is 21.6 Å². The Kier molecular flexibility index (Phi) is 12.9. The Hall–Kier alpha value is -3.80. The van der Waals surface area contributed by atoms with Gasteiger partial charge in [0.2, 0.25) is 0 Å². The van der Waals surface area contributed by atoms with Crippen molar-refractivity contribution in [3.63, 3.8) is 0 Å². The third kappa shape index (κ3) is 10.8. The van der Waals surface area contributed by atoms with E-state index in [2.05, 4.69) is 35.6 Å². The van der Waals surface area contributed by atoms with Gasteiger partial charge in [-0.05, 0) is 80.2 Å². The smallest absolute Gasteiger partial charge is 0.408 e. The molecule has 2 fully saturated rings. The second-order valence-corrected chi connectivity index (χ2v) is 14.8. The van der Waals surface area contributed by atoms with E-state index in [0.29, 0.717) is 43.2 Å². The summed E-state index contributed by atoms with van der Waals surface area (Å²) in [5.41, 5.74) is 8.07. The first-order valence-electron chi connectivity index (χ1n) is 17.0. The van der Waals surface area contributed by atoms with Gasteiger partial charge in [0, 0.05) is 37.6 Å². The number of amides is 1. The molecule has 4 rings (SSSR count). The van der Waals surface area contributed by atoms with E-state index >= 15 is 0 Å². The average Bonchev–Trinajstić information content (AvgIpc) is 3.66. The topological polar surface area (TPSA) is 220 Å². The zero-order chi connectivity index (χ0) is 36.7. The van der Waals surface area contributed by atoms with E-state index in [1.165, 1.54) is 6.33 Å². The Morgan fingerprint density at radius 1 is 1.10 bits per heavy atom. The number of imidazole rings is 1. The van der Waals surface area contributed by atoms with Crippen molar-refractivity contribution >= 4 is 29.0 Å². The highest BCUT2D eigenvalue weighted by Crippen LogP contribution is 2.44. The molecule has 2 saturated heterocycles. The number of aliphatic hydroxyl groups excluding tert-OH is 1. The minimum atomic E-state index is -0.994. The summed E-state index contributed by atoms with van der Waals surface area (Å²) < 4.78 is 32.1. The molecular formula is C32H52N10O8. The number of aromatic nitrogens is 4. The van der Waals surface area contributed by atoms with Gasteiger partial charge < -0.3 is 39.4 Å². The molecule has 2 aromatic rings. The molecule has 1 amide bonds. The van der Waals surface area contributed by atoms with Gasteiger partial charge in [-0.2, -0.15) is 0 Å². The van der Waals surface area contributed by atoms with Crippen molar-refractivity contribution < 1.29 is 38.4 Å². The maximum absolute atomic E-state index is 13.2. The fourth-order valence-electron chi connectivity index (χ4n) is 5.83. The number of ether oxygens (including phenoxy) is 5. The van der Waals surface area contributed by atoms with Crippen LogP contribution in [0, 0.1) is 0 Å². The number of esters is 1. The van der Waals surface area contributed by atoms with Gasteiger partial charge in [-0.3, -0.25) is 9.47 Å². The third-order valence-corrected chi connectivity index (χ3v) is 7.77. The highest BCUT2D eigenvalue weighted by molar-refractivity contribution is 5.83. The Morgan fingerprint density at radius 2 is 1.82 bits per heavy atom. The minimum absolute atomic E-state index is 0.145. The lowest BCUT2D eigenvalue weighted by Crippen LogP contribution is -2.48. The van der Waals surface area contributed by atoms with E-state index in [1.807, 2.05) is 23.3 Å². The molecule has 0 spiro atoms. The number of rotatable bonds is 16. The highest BCUT2D eigenvalue weighted by Gasteiger charge is 2.56. The number of alkyl carbamates (subject to hydrolysis) is 1. The van der Waals surface area contributed by atoms with Crippen molar-refractivity contribution in [2.45, 2.75) is 122 Å². The van der Waals surface area contributed by atoms with E-state index in [-0.39, 0.29) is 19.6 Å². The molecule has 0 aromatic carbocycles. The molecule has 278 valence electrons. The Balaban J connectivity index is 1.49. The van der Waals surface area contributed by atoms with Crippen molar-refractivity contribution in [2.75, 3.05) is 44.6 Å². The number of anilines is 1. The molecule has 5 atom stereocenters. The lowest BCUT2D eigenvalue weighted by atomic mass is 10.1. The second-order valence-electron chi connectivity index (χ2n) is 14.8. The fourth-order valence-corrected chi connectivity index (χ4v) is 5.83. The van der Waals surface area contributed by atoms with Crippen LogP contribution in [0.1, 0.15) is 80.9 Å². The van der Waals surface area contributed by atoms with Gasteiger partial charge in [-0.1, -0.05) is 5.11 Å². The Bertz CT molecular complexity index is 1500. The van der Waals surface area contributed by atoms with Gasteiger partial charge in [-0.25, -0.2) is 24.5 Å². The summed E-state index contributed by atoms with van der Waals surface area (Å²) in [6.07, 6.45) is 1.97. The van der Waals surface area contributed by atoms with Crippen LogP contribution in [0.2, 0.25) is 0 Å². The molecule has 2 aliphatic heterocycles.